The van der Waals surface area contributed by atoms with Crippen LogP contribution >= 0.6 is 0 Å². The molecule has 5 nitrogen and oxygen atoms in total. The fourth-order valence-electron chi connectivity index (χ4n) is 2.62. The summed E-state index contributed by atoms with van der Waals surface area (Å²) < 4.78 is 5.43. The Hall–Kier alpha value is -1.75. The van der Waals surface area contributed by atoms with Crippen LogP contribution in [0.25, 0.3) is 0 Å². The van der Waals surface area contributed by atoms with E-state index in [0.29, 0.717) is 13.1 Å². The summed E-state index contributed by atoms with van der Waals surface area (Å²) in [5.41, 5.74) is 7.92. The molecule has 0 bridgehead atoms. The van der Waals surface area contributed by atoms with Crippen molar-refractivity contribution in [1.82, 2.24) is 4.90 Å². The van der Waals surface area contributed by atoms with Crippen LogP contribution in [0.2, 0.25) is 0 Å². The highest BCUT2D eigenvalue weighted by Gasteiger charge is 2.26. The number of carbonyl (C=O) groups is 1. The van der Waals surface area contributed by atoms with E-state index in [1.807, 2.05) is 39.8 Å². The lowest BCUT2D eigenvalue weighted by Crippen LogP contribution is -2.50. The molecule has 0 radical (unpaired) electrons. The van der Waals surface area contributed by atoms with Gasteiger partial charge in [0.05, 0.1) is 0 Å². The van der Waals surface area contributed by atoms with Crippen LogP contribution in [0, 0.1) is 0 Å². The van der Waals surface area contributed by atoms with Crippen molar-refractivity contribution in [3.63, 3.8) is 0 Å². The maximum atomic E-state index is 12.1. The van der Waals surface area contributed by atoms with Gasteiger partial charge in [-0.1, -0.05) is 18.2 Å². The fraction of sp³-hybridized carbons (Fsp3) is 0.588. The number of hydrogen-bond acceptors (Lipinski definition) is 4. The summed E-state index contributed by atoms with van der Waals surface area (Å²) in [4.78, 5) is 16.2. The molecular formula is C17H27N3O2. The first kappa shape index (κ1) is 16.6. The van der Waals surface area contributed by atoms with Gasteiger partial charge in [0.25, 0.3) is 0 Å². The van der Waals surface area contributed by atoms with Crippen LogP contribution in [-0.4, -0.2) is 42.8 Å². The van der Waals surface area contributed by atoms with Gasteiger partial charge in [0.2, 0.25) is 0 Å². The number of carbonyl (C=O) groups excluding carboxylic acids is 1. The summed E-state index contributed by atoms with van der Waals surface area (Å²) in [5.74, 6) is 0. The molecule has 2 rings (SSSR count). The van der Waals surface area contributed by atoms with Crippen molar-refractivity contribution in [3.8, 4) is 0 Å². The Morgan fingerprint density at radius 3 is 2.32 bits per heavy atom. The van der Waals surface area contributed by atoms with Crippen molar-refractivity contribution in [2.24, 2.45) is 5.73 Å². The number of hydrogen-bond donors (Lipinski definition) is 1. The summed E-state index contributed by atoms with van der Waals surface area (Å²) in [6.07, 6.45) is -0.229. The molecule has 5 heteroatoms. The van der Waals surface area contributed by atoms with Crippen LogP contribution in [0.4, 0.5) is 10.5 Å². The van der Waals surface area contributed by atoms with Gasteiger partial charge in [-0.05, 0) is 39.3 Å². The average molecular weight is 305 g/mol. The lowest BCUT2D eigenvalue weighted by molar-refractivity contribution is 0.0240. The van der Waals surface area contributed by atoms with Crippen LogP contribution in [0.3, 0.4) is 0 Å². The lowest BCUT2D eigenvalue weighted by Gasteiger charge is -2.37. The predicted molar refractivity (Wildman–Crippen MR) is 89.1 cm³/mol. The minimum Gasteiger partial charge on any atom is -0.444 e. The van der Waals surface area contributed by atoms with Gasteiger partial charge in [0.1, 0.15) is 5.60 Å². The summed E-state index contributed by atoms with van der Waals surface area (Å²) in [7, 11) is 0. The lowest BCUT2D eigenvalue weighted by atomic mass is 10.1. The number of para-hydroxylation sites is 1. The highest BCUT2D eigenvalue weighted by atomic mass is 16.6. The third-order valence-corrected chi connectivity index (χ3v) is 3.70. The Balaban J connectivity index is 2.00. The minimum absolute atomic E-state index is 0.0000791. The number of benzene rings is 1. The summed E-state index contributed by atoms with van der Waals surface area (Å²) >= 11 is 0. The molecule has 2 N–H and O–H groups in total. The van der Waals surface area contributed by atoms with Crippen molar-refractivity contribution < 1.29 is 9.53 Å². The molecule has 1 aromatic carbocycles. The molecule has 22 heavy (non-hydrogen) atoms. The first-order valence-corrected chi connectivity index (χ1v) is 7.85. The summed E-state index contributed by atoms with van der Waals surface area (Å²) in [6.45, 7) is 10.6. The van der Waals surface area contributed by atoms with Crippen LogP contribution < -0.4 is 10.6 Å². The maximum absolute atomic E-state index is 12.1. The quantitative estimate of drug-likeness (QED) is 0.913. The first-order valence-electron chi connectivity index (χ1n) is 7.85. The highest BCUT2D eigenvalue weighted by Crippen LogP contribution is 2.26. The number of ether oxygens (including phenoxy) is 1. The number of amides is 1. The first-order chi connectivity index (χ1) is 10.3. The Morgan fingerprint density at radius 2 is 1.77 bits per heavy atom. The smallest absolute Gasteiger partial charge is 0.410 e. The van der Waals surface area contributed by atoms with Gasteiger partial charge in [-0.15, -0.1) is 0 Å². The summed E-state index contributed by atoms with van der Waals surface area (Å²) in [5, 5.41) is 0. The van der Waals surface area contributed by atoms with E-state index in [9.17, 15) is 4.79 Å². The Morgan fingerprint density at radius 1 is 1.18 bits per heavy atom. The van der Waals surface area contributed by atoms with E-state index in [2.05, 4.69) is 17.0 Å². The molecule has 0 spiro atoms. The second-order valence-electron chi connectivity index (χ2n) is 6.80. The zero-order valence-electron chi connectivity index (χ0n) is 14.0. The Bertz CT molecular complexity index is 515. The molecule has 122 valence electrons. The maximum Gasteiger partial charge on any atom is 0.410 e. The zero-order valence-corrected chi connectivity index (χ0v) is 14.0. The molecule has 0 saturated carbocycles. The van der Waals surface area contributed by atoms with Crippen molar-refractivity contribution in [2.45, 2.75) is 39.3 Å². The number of nitrogens with zero attached hydrogens (tertiary/aromatic N) is 2. The molecule has 1 heterocycles. The van der Waals surface area contributed by atoms with E-state index in [4.69, 9.17) is 10.5 Å². The highest BCUT2D eigenvalue weighted by molar-refractivity contribution is 5.69. The monoisotopic (exact) mass is 305 g/mol. The van der Waals surface area contributed by atoms with Gasteiger partial charge in [0, 0.05) is 37.9 Å². The van der Waals surface area contributed by atoms with Gasteiger partial charge in [-0.3, -0.25) is 0 Å². The van der Waals surface area contributed by atoms with E-state index in [1.165, 1.54) is 5.69 Å². The van der Waals surface area contributed by atoms with Gasteiger partial charge < -0.3 is 20.3 Å². The van der Waals surface area contributed by atoms with E-state index < -0.39 is 5.60 Å². The van der Waals surface area contributed by atoms with Crippen molar-refractivity contribution in [1.29, 1.82) is 0 Å². The minimum atomic E-state index is -0.449. The van der Waals surface area contributed by atoms with Gasteiger partial charge in [-0.2, -0.15) is 0 Å². The van der Waals surface area contributed by atoms with E-state index >= 15 is 0 Å². The topological polar surface area (TPSA) is 58.8 Å². The van der Waals surface area contributed by atoms with Crippen LogP contribution in [0.15, 0.2) is 24.3 Å². The summed E-state index contributed by atoms with van der Waals surface area (Å²) in [6, 6.07) is 8.21. The van der Waals surface area contributed by atoms with Crippen molar-refractivity contribution in [3.05, 3.63) is 29.8 Å². The normalized spacial score (nSPS) is 17.3. The molecule has 0 unspecified atom stereocenters. The third kappa shape index (κ3) is 4.13. The molecule has 1 fully saturated rings. The average Bonchev–Trinajstić information content (AvgIpc) is 2.45. The standard InChI is InChI=1S/C17H27N3O2/c1-13(18)14-7-5-6-8-15(14)19-9-11-20(12-10-19)16(21)22-17(2,3)4/h5-8,13H,9-12,18H2,1-4H3/t13-/m0/s1. The molecule has 1 amide bonds. The second-order valence-corrected chi connectivity index (χ2v) is 6.80. The van der Waals surface area contributed by atoms with E-state index in [1.54, 1.807) is 4.90 Å². The number of rotatable bonds is 2. The van der Waals surface area contributed by atoms with Crippen molar-refractivity contribution >= 4 is 11.8 Å². The predicted octanol–water partition coefficient (Wildman–Crippen LogP) is 2.76. The largest absolute Gasteiger partial charge is 0.444 e. The zero-order chi connectivity index (χ0) is 16.3. The number of anilines is 1. The van der Waals surface area contributed by atoms with Gasteiger partial charge in [0.15, 0.2) is 0 Å². The van der Waals surface area contributed by atoms with E-state index in [-0.39, 0.29) is 12.1 Å². The molecule has 1 aromatic rings. The van der Waals surface area contributed by atoms with E-state index in [0.717, 1.165) is 18.7 Å². The molecule has 1 saturated heterocycles. The SMILES string of the molecule is C[C@H](N)c1ccccc1N1CCN(C(=O)OC(C)(C)C)CC1. The molecule has 0 aliphatic carbocycles. The molecule has 1 aliphatic heterocycles. The van der Waals surface area contributed by atoms with Crippen LogP contribution in [0.1, 0.15) is 39.3 Å². The molecular weight excluding hydrogens is 278 g/mol. The molecule has 0 aromatic heterocycles. The number of piperazine rings is 1. The number of nitrogens with two attached hydrogens (primary N) is 1. The van der Waals surface area contributed by atoms with Crippen molar-refractivity contribution in [2.75, 3.05) is 31.1 Å². The van der Waals surface area contributed by atoms with Crippen LogP contribution in [-0.2, 0) is 4.74 Å². The second kappa shape index (κ2) is 6.57. The third-order valence-electron chi connectivity index (χ3n) is 3.70. The van der Waals surface area contributed by atoms with Gasteiger partial charge >= 0.3 is 6.09 Å². The molecule has 1 atom stereocenters. The fourth-order valence-corrected chi connectivity index (χ4v) is 2.62. The Labute approximate surface area is 133 Å². The molecule has 1 aliphatic rings. The van der Waals surface area contributed by atoms with Crippen LogP contribution in [0.5, 0.6) is 0 Å². The van der Waals surface area contributed by atoms with Gasteiger partial charge in [-0.25, -0.2) is 4.79 Å². The Kier molecular flexibility index (Phi) is 4.96.